The van der Waals surface area contributed by atoms with Crippen molar-refractivity contribution >= 4 is 11.9 Å². The molecule has 126 valence electrons. The van der Waals surface area contributed by atoms with Gasteiger partial charge in [0.05, 0.1) is 12.4 Å². The van der Waals surface area contributed by atoms with E-state index < -0.39 is 11.7 Å². The summed E-state index contributed by atoms with van der Waals surface area (Å²) in [6.45, 7) is 6.74. The van der Waals surface area contributed by atoms with Crippen molar-refractivity contribution < 1.29 is 9.53 Å². The molecule has 8 nitrogen and oxygen atoms in total. The van der Waals surface area contributed by atoms with Gasteiger partial charge in [0, 0.05) is 44.5 Å². The van der Waals surface area contributed by atoms with Crippen LogP contribution in [0.2, 0.25) is 0 Å². The van der Waals surface area contributed by atoms with Crippen molar-refractivity contribution in [1.29, 1.82) is 0 Å². The fraction of sp³-hybridized carbons (Fsp3) is 0.533. The monoisotopic (exact) mass is 320 g/mol. The van der Waals surface area contributed by atoms with E-state index in [-0.39, 0.29) is 0 Å². The van der Waals surface area contributed by atoms with Crippen LogP contribution in [0.1, 0.15) is 31.9 Å². The number of nitrogens with one attached hydrogen (secondary N) is 2. The van der Waals surface area contributed by atoms with Crippen LogP contribution in [-0.2, 0) is 31.9 Å². The zero-order valence-corrected chi connectivity index (χ0v) is 14.3. The predicted molar refractivity (Wildman–Crippen MR) is 86.8 cm³/mol. The van der Waals surface area contributed by atoms with Gasteiger partial charge in [-0.2, -0.15) is 10.2 Å². The minimum Gasteiger partial charge on any atom is -0.444 e. The van der Waals surface area contributed by atoms with Crippen LogP contribution >= 0.6 is 0 Å². The average molecular weight is 320 g/mol. The number of hydrogen-bond acceptors (Lipinski definition) is 5. The van der Waals surface area contributed by atoms with Crippen molar-refractivity contribution in [2.75, 3.05) is 5.32 Å². The predicted octanol–water partition coefficient (Wildman–Crippen LogP) is 1.79. The van der Waals surface area contributed by atoms with E-state index in [1.165, 1.54) is 0 Å². The molecule has 0 radical (unpaired) electrons. The second-order valence-corrected chi connectivity index (χ2v) is 6.39. The first kappa shape index (κ1) is 17.0. The van der Waals surface area contributed by atoms with Crippen LogP contribution in [-0.4, -0.2) is 31.3 Å². The molecule has 2 rings (SSSR count). The standard InChI is InChI=1S/C15H24N6O2/c1-15(2,3)23-14(22)19-13-12(9-18-21(13)5)8-16-6-11-7-17-20(4)10-11/h7,9-10,16H,6,8H2,1-5H3,(H,19,22). The van der Waals surface area contributed by atoms with Crippen molar-refractivity contribution in [2.45, 2.75) is 39.5 Å². The highest BCUT2D eigenvalue weighted by atomic mass is 16.6. The van der Waals surface area contributed by atoms with Crippen molar-refractivity contribution in [1.82, 2.24) is 24.9 Å². The molecule has 0 aliphatic rings. The molecule has 8 heteroatoms. The molecule has 0 saturated carbocycles. The van der Waals surface area contributed by atoms with Gasteiger partial charge in [0.25, 0.3) is 0 Å². The summed E-state index contributed by atoms with van der Waals surface area (Å²) in [5.41, 5.74) is 1.45. The number of hydrogen-bond donors (Lipinski definition) is 2. The Labute approximate surface area is 135 Å². The zero-order valence-electron chi connectivity index (χ0n) is 14.3. The molecule has 1 amide bonds. The summed E-state index contributed by atoms with van der Waals surface area (Å²) in [6, 6.07) is 0. The highest BCUT2D eigenvalue weighted by Gasteiger charge is 2.18. The van der Waals surface area contributed by atoms with E-state index in [0.29, 0.717) is 18.9 Å². The number of aryl methyl sites for hydroxylation is 2. The van der Waals surface area contributed by atoms with Crippen molar-refractivity contribution in [3.8, 4) is 0 Å². The Bertz CT molecular complexity index is 668. The number of ether oxygens (including phenoxy) is 1. The Balaban J connectivity index is 1.94. The van der Waals surface area contributed by atoms with Crippen molar-refractivity contribution in [2.24, 2.45) is 14.1 Å². The number of carbonyl (C=O) groups is 1. The van der Waals surface area contributed by atoms with Gasteiger partial charge in [0.15, 0.2) is 0 Å². The normalized spacial score (nSPS) is 11.5. The van der Waals surface area contributed by atoms with E-state index in [9.17, 15) is 4.79 Å². The summed E-state index contributed by atoms with van der Waals surface area (Å²) in [5, 5.41) is 14.4. The molecule has 0 fully saturated rings. The van der Waals surface area contributed by atoms with E-state index in [2.05, 4.69) is 20.8 Å². The van der Waals surface area contributed by atoms with Gasteiger partial charge < -0.3 is 10.1 Å². The lowest BCUT2D eigenvalue weighted by Crippen LogP contribution is -2.28. The zero-order chi connectivity index (χ0) is 17.0. The number of amides is 1. The molecule has 0 bridgehead atoms. The summed E-state index contributed by atoms with van der Waals surface area (Å²) >= 11 is 0. The first-order valence-electron chi connectivity index (χ1n) is 7.44. The smallest absolute Gasteiger partial charge is 0.413 e. The summed E-state index contributed by atoms with van der Waals surface area (Å²) in [6.07, 6.45) is 5.00. The second-order valence-electron chi connectivity index (χ2n) is 6.39. The summed E-state index contributed by atoms with van der Waals surface area (Å²) in [7, 11) is 3.66. The Hall–Kier alpha value is -2.35. The molecule has 2 aromatic heterocycles. The number of carbonyl (C=O) groups excluding carboxylic acids is 1. The first-order valence-corrected chi connectivity index (χ1v) is 7.44. The van der Waals surface area contributed by atoms with Crippen LogP contribution in [0.3, 0.4) is 0 Å². The van der Waals surface area contributed by atoms with Crippen molar-refractivity contribution in [3.05, 3.63) is 29.7 Å². The van der Waals surface area contributed by atoms with Gasteiger partial charge in [-0.3, -0.25) is 14.7 Å². The van der Waals surface area contributed by atoms with Crippen LogP contribution in [0.4, 0.5) is 10.6 Å². The fourth-order valence-corrected chi connectivity index (χ4v) is 2.08. The molecule has 0 aliphatic carbocycles. The van der Waals surface area contributed by atoms with E-state index >= 15 is 0 Å². The van der Waals surface area contributed by atoms with Crippen molar-refractivity contribution in [3.63, 3.8) is 0 Å². The van der Waals surface area contributed by atoms with Crippen LogP contribution in [0.15, 0.2) is 18.6 Å². The lowest BCUT2D eigenvalue weighted by molar-refractivity contribution is 0.0634. The van der Waals surface area contributed by atoms with Crippen LogP contribution < -0.4 is 10.6 Å². The molecule has 0 aliphatic heterocycles. The molecular formula is C15H24N6O2. The fourth-order valence-electron chi connectivity index (χ4n) is 2.08. The van der Waals surface area contributed by atoms with Gasteiger partial charge in [0.2, 0.25) is 0 Å². The van der Waals surface area contributed by atoms with Crippen LogP contribution in [0.5, 0.6) is 0 Å². The third kappa shape index (κ3) is 5.10. The van der Waals surface area contributed by atoms with E-state index in [1.54, 1.807) is 22.6 Å². The second kappa shape index (κ2) is 6.82. The third-order valence-corrected chi connectivity index (χ3v) is 3.04. The minimum atomic E-state index is -0.540. The molecule has 2 aromatic rings. The van der Waals surface area contributed by atoms with Crippen LogP contribution in [0, 0.1) is 0 Å². The minimum absolute atomic E-state index is 0.491. The first-order chi connectivity index (χ1) is 10.7. The van der Waals surface area contributed by atoms with Gasteiger partial charge in [-0.05, 0) is 20.8 Å². The van der Waals surface area contributed by atoms with E-state index in [4.69, 9.17) is 4.74 Å². The molecule has 0 unspecified atom stereocenters. The Morgan fingerprint density at radius 2 is 1.96 bits per heavy atom. The quantitative estimate of drug-likeness (QED) is 0.877. The lowest BCUT2D eigenvalue weighted by Gasteiger charge is -2.20. The summed E-state index contributed by atoms with van der Waals surface area (Å²) in [4.78, 5) is 11.9. The molecular weight excluding hydrogens is 296 g/mol. The summed E-state index contributed by atoms with van der Waals surface area (Å²) in [5.74, 6) is 0.623. The largest absolute Gasteiger partial charge is 0.444 e. The van der Waals surface area contributed by atoms with E-state index in [0.717, 1.165) is 11.1 Å². The third-order valence-electron chi connectivity index (χ3n) is 3.04. The Kier molecular flexibility index (Phi) is 5.05. The van der Waals surface area contributed by atoms with E-state index in [1.807, 2.05) is 40.2 Å². The molecule has 0 saturated heterocycles. The highest BCUT2D eigenvalue weighted by molar-refractivity contribution is 5.84. The molecule has 0 spiro atoms. The van der Waals surface area contributed by atoms with Gasteiger partial charge >= 0.3 is 6.09 Å². The Morgan fingerprint density at radius 1 is 1.22 bits per heavy atom. The molecule has 2 N–H and O–H groups in total. The maximum atomic E-state index is 11.9. The van der Waals surface area contributed by atoms with Gasteiger partial charge in [-0.25, -0.2) is 4.79 Å². The number of rotatable bonds is 5. The van der Waals surface area contributed by atoms with Crippen LogP contribution in [0.25, 0.3) is 0 Å². The SMILES string of the molecule is Cn1cc(CNCc2cnn(C)c2NC(=O)OC(C)(C)C)cn1. The molecule has 0 atom stereocenters. The van der Waals surface area contributed by atoms with Gasteiger partial charge in [0.1, 0.15) is 11.4 Å². The van der Waals surface area contributed by atoms with Gasteiger partial charge in [-0.15, -0.1) is 0 Å². The highest BCUT2D eigenvalue weighted by Crippen LogP contribution is 2.16. The Morgan fingerprint density at radius 3 is 2.57 bits per heavy atom. The summed E-state index contributed by atoms with van der Waals surface area (Å²) < 4.78 is 8.65. The maximum absolute atomic E-state index is 11.9. The molecule has 2 heterocycles. The van der Waals surface area contributed by atoms with Gasteiger partial charge in [-0.1, -0.05) is 0 Å². The lowest BCUT2D eigenvalue weighted by atomic mass is 10.2. The average Bonchev–Trinajstić information content (AvgIpc) is 2.97. The topological polar surface area (TPSA) is 86.0 Å². The molecule has 0 aromatic carbocycles. The maximum Gasteiger partial charge on any atom is 0.413 e. The molecule has 23 heavy (non-hydrogen) atoms. The number of nitrogens with zero attached hydrogens (tertiary/aromatic N) is 4. The number of aromatic nitrogens is 4. The number of anilines is 1.